The van der Waals surface area contributed by atoms with Gasteiger partial charge in [-0.2, -0.15) is 9.87 Å². The van der Waals surface area contributed by atoms with Gasteiger partial charge in [-0.1, -0.05) is 46.7 Å². The van der Waals surface area contributed by atoms with E-state index in [9.17, 15) is 5.11 Å². The number of aromatic nitrogens is 2. The number of phenols is 1. The van der Waals surface area contributed by atoms with Crippen LogP contribution < -0.4 is 14.4 Å². The summed E-state index contributed by atoms with van der Waals surface area (Å²) in [6, 6.07) is 9.59. The largest absolute Gasteiger partial charge is 0.507 e. The number of aromatic hydroxyl groups is 1. The molecule has 2 aromatic carbocycles. The maximum atomic E-state index is 11.0. The van der Waals surface area contributed by atoms with E-state index in [0.717, 1.165) is 47.5 Å². The molecule has 1 N–H and O–H groups in total. The van der Waals surface area contributed by atoms with Crippen molar-refractivity contribution in [1.29, 1.82) is 0 Å². The van der Waals surface area contributed by atoms with E-state index < -0.39 is 0 Å². The maximum absolute atomic E-state index is 11.0. The summed E-state index contributed by atoms with van der Waals surface area (Å²) in [4.78, 5) is 16.7. The molecule has 0 bridgehead atoms. The second-order valence-electron chi connectivity index (χ2n) is 11.8. The van der Waals surface area contributed by atoms with Gasteiger partial charge in [0, 0.05) is 41.4 Å². The highest BCUT2D eigenvalue weighted by Crippen LogP contribution is 2.41. The number of fused-ring (bicyclic) bond motifs is 1. The number of likely N-dealkylation sites (N-methyl/N-ethyl adjacent to an activating group) is 1. The molecule has 0 unspecified atom stereocenters. The first-order valence-corrected chi connectivity index (χ1v) is 13.0. The van der Waals surface area contributed by atoms with Crippen LogP contribution in [0.3, 0.4) is 0 Å². The van der Waals surface area contributed by atoms with Gasteiger partial charge in [-0.3, -0.25) is 4.52 Å². The number of hydrogen-bond donors (Lipinski definition) is 1. The van der Waals surface area contributed by atoms with Crippen molar-refractivity contribution in [2.45, 2.75) is 65.4 Å². The summed E-state index contributed by atoms with van der Waals surface area (Å²) in [6.07, 6.45) is 0.927. The van der Waals surface area contributed by atoms with Gasteiger partial charge in [0.1, 0.15) is 24.7 Å². The molecule has 0 spiro atoms. The molecule has 0 aliphatic carbocycles. The molecule has 2 heterocycles. The lowest BCUT2D eigenvalue weighted by atomic mass is 9.78. The van der Waals surface area contributed by atoms with Gasteiger partial charge in [0.05, 0.1) is 6.61 Å². The van der Waals surface area contributed by atoms with Crippen LogP contribution in [-0.4, -0.2) is 53.5 Å². The summed E-state index contributed by atoms with van der Waals surface area (Å²) < 4.78 is 16.9. The molecule has 206 valence electrons. The van der Waals surface area contributed by atoms with Crippen molar-refractivity contribution in [2.75, 3.05) is 33.4 Å². The molecule has 3 aromatic rings. The van der Waals surface area contributed by atoms with Crippen LogP contribution in [-0.2, 0) is 22.3 Å². The van der Waals surface area contributed by atoms with E-state index in [1.165, 1.54) is 0 Å². The SMILES string of the molecule is CN(CCCOc1nc(-c2cc(C(C)(C)C)c(O)c(C(C)(C)C)c2)no1)CCOc1ccc2c(c1)OOC2. The highest BCUT2D eigenvalue weighted by molar-refractivity contribution is 5.63. The van der Waals surface area contributed by atoms with Gasteiger partial charge in [-0.05, 0) is 48.6 Å². The Morgan fingerprint density at radius 3 is 2.34 bits per heavy atom. The Bertz CT molecular complexity index is 1210. The van der Waals surface area contributed by atoms with E-state index in [4.69, 9.17) is 23.8 Å². The third-order valence-electron chi connectivity index (χ3n) is 6.44. The molecule has 0 atom stereocenters. The van der Waals surface area contributed by atoms with Gasteiger partial charge in [0.25, 0.3) is 0 Å². The van der Waals surface area contributed by atoms with E-state index in [2.05, 4.69) is 56.6 Å². The lowest BCUT2D eigenvalue weighted by Crippen LogP contribution is -2.26. The lowest BCUT2D eigenvalue weighted by Gasteiger charge is -2.27. The quantitative estimate of drug-likeness (QED) is 0.266. The second-order valence-corrected chi connectivity index (χ2v) is 11.8. The van der Waals surface area contributed by atoms with Crippen LogP contribution in [0.5, 0.6) is 23.3 Å². The van der Waals surface area contributed by atoms with Crippen LogP contribution in [0.15, 0.2) is 34.9 Å². The Kier molecular flexibility index (Phi) is 8.18. The fraction of sp³-hybridized carbons (Fsp3) is 0.517. The summed E-state index contributed by atoms with van der Waals surface area (Å²) in [5, 5.41) is 15.1. The number of phenolic OH excluding ortho intramolecular Hbond substituents is 1. The van der Waals surface area contributed by atoms with E-state index in [-0.39, 0.29) is 16.9 Å². The van der Waals surface area contributed by atoms with Gasteiger partial charge in [0.2, 0.25) is 5.82 Å². The number of nitrogens with zero attached hydrogens (tertiary/aromatic N) is 3. The van der Waals surface area contributed by atoms with Crippen molar-refractivity contribution in [3.63, 3.8) is 0 Å². The van der Waals surface area contributed by atoms with Crippen molar-refractivity contribution < 1.29 is 28.9 Å². The standard InChI is InChI=1S/C29H39N3O6/c1-28(2,3)22-15-20(16-23(25(22)33)29(4,5)6)26-30-27(37-31-26)35-13-8-11-32(7)12-14-34-21-10-9-19-18-36-38-24(19)17-21/h9-10,15-17,33H,8,11-14,18H2,1-7H3. The maximum Gasteiger partial charge on any atom is 0.417 e. The molecule has 9 heteroatoms. The lowest BCUT2D eigenvalue weighted by molar-refractivity contribution is -0.194. The molecule has 0 saturated heterocycles. The Morgan fingerprint density at radius 2 is 1.66 bits per heavy atom. The number of ether oxygens (including phenoxy) is 2. The minimum atomic E-state index is -0.245. The van der Waals surface area contributed by atoms with E-state index in [1.54, 1.807) is 0 Å². The normalized spacial score (nSPS) is 13.5. The first kappa shape index (κ1) is 27.7. The van der Waals surface area contributed by atoms with Gasteiger partial charge in [-0.25, -0.2) is 0 Å². The molecular weight excluding hydrogens is 486 g/mol. The Morgan fingerprint density at radius 1 is 0.947 bits per heavy atom. The van der Waals surface area contributed by atoms with Crippen molar-refractivity contribution in [3.8, 4) is 34.7 Å². The Labute approximate surface area is 224 Å². The Hall–Kier alpha value is -3.30. The van der Waals surface area contributed by atoms with Crippen LogP contribution in [0.2, 0.25) is 0 Å². The molecule has 0 saturated carbocycles. The zero-order valence-electron chi connectivity index (χ0n) is 23.5. The highest BCUT2D eigenvalue weighted by atomic mass is 17.2. The van der Waals surface area contributed by atoms with Crippen LogP contribution in [0.4, 0.5) is 0 Å². The molecule has 38 heavy (non-hydrogen) atoms. The average Bonchev–Trinajstić information content (AvgIpc) is 3.50. The minimum absolute atomic E-state index is 0.136. The number of hydrogen-bond acceptors (Lipinski definition) is 9. The van der Waals surface area contributed by atoms with Gasteiger partial charge in [-0.15, -0.1) is 0 Å². The third-order valence-corrected chi connectivity index (χ3v) is 6.44. The zero-order valence-corrected chi connectivity index (χ0v) is 23.5. The average molecular weight is 526 g/mol. The molecule has 0 fully saturated rings. The molecule has 1 aliphatic rings. The van der Waals surface area contributed by atoms with Crippen molar-refractivity contribution in [3.05, 3.63) is 47.0 Å². The zero-order chi connectivity index (χ0) is 27.5. The molecule has 4 rings (SSSR count). The van der Waals surface area contributed by atoms with Crippen LogP contribution in [0.25, 0.3) is 11.4 Å². The molecule has 0 radical (unpaired) electrons. The summed E-state index contributed by atoms with van der Waals surface area (Å²) in [6.45, 7) is 15.5. The molecule has 1 aromatic heterocycles. The van der Waals surface area contributed by atoms with E-state index >= 15 is 0 Å². The second kappa shape index (κ2) is 11.2. The minimum Gasteiger partial charge on any atom is -0.507 e. The molecule has 9 nitrogen and oxygen atoms in total. The van der Waals surface area contributed by atoms with Crippen LogP contribution in [0, 0.1) is 0 Å². The van der Waals surface area contributed by atoms with Gasteiger partial charge in [0.15, 0.2) is 5.75 Å². The molecule has 1 aliphatic heterocycles. The van der Waals surface area contributed by atoms with Crippen molar-refractivity contribution >= 4 is 0 Å². The topological polar surface area (TPSA) is 99.3 Å². The summed E-state index contributed by atoms with van der Waals surface area (Å²) in [5.74, 6) is 2.23. The van der Waals surface area contributed by atoms with Crippen molar-refractivity contribution in [1.82, 2.24) is 15.0 Å². The van der Waals surface area contributed by atoms with Crippen LogP contribution in [0.1, 0.15) is 64.7 Å². The monoisotopic (exact) mass is 525 g/mol. The smallest absolute Gasteiger partial charge is 0.417 e. The fourth-order valence-electron chi connectivity index (χ4n) is 4.20. The third kappa shape index (κ3) is 6.76. The van der Waals surface area contributed by atoms with Crippen LogP contribution >= 0.6 is 0 Å². The summed E-state index contributed by atoms with van der Waals surface area (Å²) in [7, 11) is 2.04. The molecule has 0 amide bonds. The predicted octanol–water partition coefficient (Wildman–Crippen LogP) is 5.64. The van der Waals surface area contributed by atoms with Gasteiger partial charge < -0.3 is 24.4 Å². The first-order valence-electron chi connectivity index (χ1n) is 13.0. The summed E-state index contributed by atoms with van der Waals surface area (Å²) >= 11 is 0. The first-order chi connectivity index (χ1) is 17.9. The van der Waals surface area contributed by atoms with E-state index in [0.29, 0.717) is 37.1 Å². The fourth-order valence-corrected chi connectivity index (χ4v) is 4.20. The summed E-state index contributed by atoms with van der Waals surface area (Å²) in [5.41, 5.74) is 3.01. The molecular formula is C29H39N3O6. The highest BCUT2D eigenvalue weighted by Gasteiger charge is 2.28. The Balaban J connectivity index is 1.26. The predicted molar refractivity (Wildman–Crippen MR) is 144 cm³/mol. The van der Waals surface area contributed by atoms with Crippen molar-refractivity contribution in [2.24, 2.45) is 0 Å². The van der Waals surface area contributed by atoms with E-state index in [1.807, 2.05) is 37.4 Å². The number of rotatable bonds is 10. The number of benzene rings is 2. The van der Waals surface area contributed by atoms with Gasteiger partial charge >= 0.3 is 6.08 Å².